The molecule has 0 unspecified atom stereocenters. The van der Waals surface area contributed by atoms with E-state index in [1.54, 1.807) is 6.55 Å². The Morgan fingerprint density at radius 3 is 2.00 bits per heavy atom. The van der Waals surface area contributed by atoms with Crippen LogP contribution in [0.25, 0.3) is 0 Å². The fraction of sp³-hybridized carbons (Fsp3) is 0.833. The van der Waals surface area contributed by atoms with E-state index in [1.807, 2.05) is 13.8 Å². The molecule has 0 rings (SSSR count). The van der Waals surface area contributed by atoms with Crippen molar-refractivity contribution in [2.45, 2.75) is 20.4 Å². The van der Waals surface area contributed by atoms with Gasteiger partial charge in [-0.2, -0.15) is 0 Å². The average molecular weight is 178 g/mol. The topological polar surface area (TPSA) is 44.8 Å². The second-order valence-corrected chi connectivity index (χ2v) is 4.48. The van der Waals surface area contributed by atoms with Crippen LogP contribution in [0.4, 0.5) is 0 Å². The van der Waals surface area contributed by atoms with Crippen molar-refractivity contribution >= 4 is 15.3 Å². The summed E-state index contributed by atoms with van der Waals surface area (Å²) < 4.78 is 15.1. The molecule has 0 atom stereocenters. The molecule has 0 fully saturated rings. The van der Waals surface area contributed by atoms with E-state index in [1.165, 1.54) is 0 Å². The summed E-state index contributed by atoms with van der Waals surface area (Å²) in [4.78, 5) is 10.0. The molecule has 0 bridgehead atoms. The second kappa shape index (κ2) is 5.28. The molecule has 11 heavy (non-hydrogen) atoms. The highest BCUT2D eigenvalue weighted by molar-refractivity contribution is 6.60. The predicted octanol–water partition coefficient (Wildman–Crippen LogP) is 0.801. The van der Waals surface area contributed by atoms with Crippen LogP contribution in [0, 0.1) is 0 Å². The summed E-state index contributed by atoms with van der Waals surface area (Å²) in [6, 6.07) is 0. The Morgan fingerprint density at radius 2 is 1.73 bits per heavy atom. The summed E-state index contributed by atoms with van der Waals surface area (Å²) >= 11 is 0. The summed E-state index contributed by atoms with van der Waals surface area (Å²) in [6.07, 6.45) is 0. The number of carbonyl (C=O) groups excluding carboxylic acids is 1. The summed E-state index contributed by atoms with van der Waals surface area (Å²) in [5.41, 5.74) is 0. The molecule has 0 amide bonds. The zero-order valence-corrected chi connectivity index (χ0v) is 8.12. The molecular formula is C6H14O4Si. The Labute approximate surface area is 67.8 Å². The smallest absolute Gasteiger partial charge is 0.476 e. The maximum absolute atomic E-state index is 10.0. The standard InChI is InChI=1S/C6H14O4Si/c1-4-8-11(3,9-5-2)10-6-7/h6H,4-5H2,1-3H3. The fourth-order valence-corrected chi connectivity index (χ4v) is 2.16. The lowest BCUT2D eigenvalue weighted by molar-refractivity contribution is -0.124. The van der Waals surface area contributed by atoms with Crippen molar-refractivity contribution in [1.82, 2.24) is 0 Å². The van der Waals surface area contributed by atoms with Crippen LogP contribution in [0.1, 0.15) is 13.8 Å². The van der Waals surface area contributed by atoms with Gasteiger partial charge in [0.05, 0.1) is 0 Å². The van der Waals surface area contributed by atoms with Gasteiger partial charge in [-0.3, -0.25) is 4.79 Å². The van der Waals surface area contributed by atoms with Gasteiger partial charge in [-0.05, 0) is 13.8 Å². The van der Waals surface area contributed by atoms with Crippen LogP contribution in [-0.2, 0) is 18.1 Å². The van der Waals surface area contributed by atoms with Gasteiger partial charge >= 0.3 is 8.80 Å². The van der Waals surface area contributed by atoms with Gasteiger partial charge in [-0.1, -0.05) is 0 Å². The van der Waals surface area contributed by atoms with Gasteiger partial charge in [0.25, 0.3) is 6.47 Å². The van der Waals surface area contributed by atoms with Crippen LogP contribution in [0.15, 0.2) is 0 Å². The minimum atomic E-state index is -2.62. The summed E-state index contributed by atoms with van der Waals surface area (Å²) in [5.74, 6) is 0. The van der Waals surface area contributed by atoms with E-state index < -0.39 is 8.80 Å². The first-order chi connectivity index (χ1) is 5.18. The van der Waals surface area contributed by atoms with Gasteiger partial charge in [-0.15, -0.1) is 0 Å². The Morgan fingerprint density at radius 1 is 1.27 bits per heavy atom. The third-order valence-corrected chi connectivity index (χ3v) is 3.23. The second-order valence-electron chi connectivity index (χ2n) is 1.94. The van der Waals surface area contributed by atoms with Crippen molar-refractivity contribution in [2.75, 3.05) is 13.2 Å². The van der Waals surface area contributed by atoms with Crippen LogP contribution < -0.4 is 0 Å². The first-order valence-electron chi connectivity index (χ1n) is 3.58. The molecular weight excluding hydrogens is 164 g/mol. The SMILES string of the molecule is CCO[Si](C)(OC=O)OCC. The molecule has 5 heteroatoms. The highest BCUT2D eigenvalue weighted by Crippen LogP contribution is 2.06. The van der Waals surface area contributed by atoms with E-state index in [2.05, 4.69) is 0 Å². The van der Waals surface area contributed by atoms with Crippen LogP contribution in [0.2, 0.25) is 6.55 Å². The van der Waals surface area contributed by atoms with E-state index in [4.69, 9.17) is 13.3 Å². The van der Waals surface area contributed by atoms with Gasteiger partial charge in [0, 0.05) is 19.8 Å². The number of hydrogen-bond donors (Lipinski definition) is 0. The summed E-state index contributed by atoms with van der Waals surface area (Å²) in [7, 11) is -2.62. The monoisotopic (exact) mass is 178 g/mol. The number of hydrogen-bond acceptors (Lipinski definition) is 4. The molecule has 0 spiro atoms. The first kappa shape index (κ1) is 10.6. The van der Waals surface area contributed by atoms with E-state index in [0.29, 0.717) is 19.7 Å². The maximum Gasteiger partial charge on any atom is 0.564 e. The minimum Gasteiger partial charge on any atom is -0.476 e. The zero-order chi connectivity index (χ0) is 8.74. The van der Waals surface area contributed by atoms with Gasteiger partial charge in [0.2, 0.25) is 0 Å². The van der Waals surface area contributed by atoms with E-state index in [-0.39, 0.29) is 0 Å². The van der Waals surface area contributed by atoms with E-state index >= 15 is 0 Å². The van der Waals surface area contributed by atoms with E-state index in [0.717, 1.165) is 0 Å². The molecule has 0 aliphatic rings. The lowest BCUT2D eigenvalue weighted by Crippen LogP contribution is -2.42. The van der Waals surface area contributed by atoms with Gasteiger partial charge in [-0.25, -0.2) is 0 Å². The molecule has 0 saturated heterocycles. The van der Waals surface area contributed by atoms with Crippen molar-refractivity contribution < 1.29 is 18.1 Å². The highest BCUT2D eigenvalue weighted by Gasteiger charge is 2.35. The molecule has 0 saturated carbocycles. The van der Waals surface area contributed by atoms with Crippen LogP contribution in [0.3, 0.4) is 0 Å². The lowest BCUT2D eigenvalue weighted by atomic mass is 10.9. The van der Waals surface area contributed by atoms with Crippen molar-refractivity contribution in [3.05, 3.63) is 0 Å². The first-order valence-corrected chi connectivity index (χ1v) is 5.80. The Hall–Kier alpha value is -0.393. The maximum atomic E-state index is 10.0. The normalized spacial score (nSPS) is 11.2. The summed E-state index contributed by atoms with van der Waals surface area (Å²) in [5, 5.41) is 0. The molecule has 0 aromatic carbocycles. The number of rotatable bonds is 6. The summed E-state index contributed by atoms with van der Waals surface area (Å²) in [6.45, 7) is 6.72. The van der Waals surface area contributed by atoms with Crippen molar-refractivity contribution in [3.63, 3.8) is 0 Å². The van der Waals surface area contributed by atoms with E-state index in [9.17, 15) is 4.79 Å². The minimum absolute atomic E-state index is 0.373. The highest BCUT2D eigenvalue weighted by atomic mass is 28.4. The van der Waals surface area contributed by atoms with Gasteiger partial charge < -0.3 is 13.3 Å². The molecule has 0 aromatic rings. The quantitative estimate of drug-likeness (QED) is 0.446. The molecule has 0 heterocycles. The van der Waals surface area contributed by atoms with Crippen molar-refractivity contribution in [1.29, 1.82) is 0 Å². The predicted molar refractivity (Wildman–Crippen MR) is 42.0 cm³/mol. The number of carbonyl (C=O) groups is 1. The average Bonchev–Trinajstić information content (AvgIpc) is 1.88. The van der Waals surface area contributed by atoms with Crippen LogP contribution in [-0.4, -0.2) is 28.5 Å². The molecule has 66 valence electrons. The third kappa shape index (κ3) is 4.13. The van der Waals surface area contributed by atoms with Crippen LogP contribution in [0.5, 0.6) is 0 Å². The molecule has 0 radical (unpaired) electrons. The molecule has 0 N–H and O–H groups in total. The van der Waals surface area contributed by atoms with Gasteiger partial charge in [0.1, 0.15) is 0 Å². The Balaban J connectivity index is 3.88. The van der Waals surface area contributed by atoms with Crippen molar-refractivity contribution in [2.24, 2.45) is 0 Å². The Bertz CT molecular complexity index is 111. The largest absolute Gasteiger partial charge is 0.564 e. The van der Waals surface area contributed by atoms with Crippen LogP contribution >= 0.6 is 0 Å². The van der Waals surface area contributed by atoms with Crippen molar-refractivity contribution in [3.8, 4) is 0 Å². The zero-order valence-electron chi connectivity index (χ0n) is 7.12. The molecule has 4 nitrogen and oxygen atoms in total. The van der Waals surface area contributed by atoms with Gasteiger partial charge in [0.15, 0.2) is 0 Å². The molecule has 0 aliphatic heterocycles. The molecule has 0 aromatic heterocycles. The fourth-order valence-electron chi connectivity index (χ4n) is 0.721. The Kier molecular flexibility index (Phi) is 5.09. The molecule has 0 aliphatic carbocycles. The third-order valence-electron chi connectivity index (χ3n) is 1.08. The lowest BCUT2D eigenvalue weighted by Gasteiger charge is -2.21.